The molecule has 5 heteroatoms. The SMILES string of the molecule is CC(C)N(CCc1ccnn1C)CC(=O)O. The predicted molar refractivity (Wildman–Crippen MR) is 61.3 cm³/mol. The molecule has 0 aliphatic rings. The molecule has 0 atom stereocenters. The summed E-state index contributed by atoms with van der Waals surface area (Å²) in [7, 11) is 1.90. The molecule has 1 aromatic heterocycles. The van der Waals surface area contributed by atoms with Gasteiger partial charge in [0.15, 0.2) is 0 Å². The highest BCUT2D eigenvalue weighted by Gasteiger charge is 2.13. The molecule has 5 nitrogen and oxygen atoms in total. The van der Waals surface area contributed by atoms with E-state index in [0.717, 1.165) is 18.7 Å². The van der Waals surface area contributed by atoms with Crippen molar-refractivity contribution in [2.45, 2.75) is 26.3 Å². The van der Waals surface area contributed by atoms with Crippen LogP contribution in [0.15, 0.2) is 12.3 Å². The van der Waals surface area contributed by atoms with Gasteiger partial charge in [-0.3, -0.25) is 14.4 Å². The summed E-state index contributed by atoms with van der Waals surface area (Å²) in [4.78, 5) is 12.6. The minimum atomic E-state index is -0.779. The van der Waals surface area contributed by atoms with Gasteiger partial charge in [0.05, 0.1) is 6.54 Å². The van der Waals surface area contributed by atoms with Crippen LogP contribution in [0, 0.1) is 0 Å². The van der Waals surface area contributed by atoms with Gasteiger partial charge in [0.2, 0.25) is 0 Å². The topological polar surface area (TPSA) is 58.4 Å². The predicted octanol–water partition coefficient (Wildman–Crippen LogP) is 0.758. The van der Waals surface area contributed by atoms with Gasteiger partial charge >= 0.3 is 5.97 Å². The van der Waals surface area contributed by atoms with Crippen LogP contribution in [0.3, 0.4) is 0 Å². The lowest BCUT2D eigenvalue weighted by molar-refractivity contribution is -0.138. The Labute approximate surface area is 95.7 Å². The largest absolute Gasteiger partial charge is 0.480 e. The Kier molecular flexibility index (Phi) is 4.49. The van der Waals surface area contributed by atoms with Crippen molar-refractivity contribution >= 4 is 5.97 Å². The number of hydrogen-bond acceptors (Lipinski definition) is 3. The number of aromatic nitrogens is 2. The maximum absolute atomic E-state index is 10.7. The van der Waals surface area contributed by atoms with Gasteiger partial charge in [-0.05, 0) is 19.9 Å². The van der Waals surface area contributed by atoms with Crippen LogP contribution < -0.4 is 0 Å². The van der Waals surface area contributed by atoms with Crippen molar-refractivity contribution in [2.24, 2.45) is 7.05 Å². The molecule has 0 radical (unpaired) electrons. The Balaban J connectivity index is 2.50. The minimum absolute atomic E-state index is 0.0928. The van der Waals surface area contributed by atoms with Crippen LogP contribution in [0.1, 0.15) is 19.5 Å². The van der Waals surface area contributed by atoms with Gasteiger partial charge in [0, 0.05) is 37.9 Å². The summed E-state index contributed by atoms with van der Waals surface area (Å²) < 4.78 is 1.82. The lowest BCUT2D eigenvalue weighted by Crippen LogP contribution is -2.37. The molecule has 1 N–H and O–H groups in total. The van der Waals surface area contributed by atoms with Crippen LogP contribution in [0.4, 0.5) is 0 Å². The maximum Gasteiger partial charge on any atom is 0.317 e. The molecule has 0 fully saturated rings. The Hall–Kier alpha value is -1.36. The van der Waals surface area contributed by atoms with E-state index in [2.05, 4.69) is 5.10 Å². The summed E-state index contributed by atoms with van der Waals surface area (Å²) in [6.07, 6.45) is 2.58. The molecule has 0 aliphatic carbocycles. The van der Waals surface area contributed by atoms with Gasteiger partial charge in [0.1, 0.15) is 0 Å². The first-order valence-electron chi connectivity index (χ1n) is 5.43. The molecule has 90 valence electrons. The summed E-state index contributed by atoms with van der Waals surface area (Å²) in [5.74, 6) is -0.779. The van der Waals surface area contributed by atoms with E-state index in [1.54, 1.807) is 6.20 Å². The van der Waals surface area contributed by atoms with Crippen molar-refractivity contribution in [3.05, 3.63) is 18.0 Å². The van der Waals surface area contributed by atoms with E-state index in [1.165, 1.54) is 0 Å². The van der Waals surface area contributed by atoms with Crippen molar-refractivity contribution < 1.29 is 9.90 Å². The first-order valence-corrected chi connectivity index (χ1v) is 5.43. The zero-order chi connectivity index (χ0) is 12.1. The molecule has 1 rings (SSSR count). The summed E-state index contributed by atoms with van der Waals surface area (Å²) >= 11 is 0. The second-order valence-electron chi connectivity index (χ2n) is 4.15. The van der Waals surface area contributed by atoms with E-state index >= 15 is 0 Å². The van der Waals surface area contributed by atoms with Gasteiger partial charge < -0.3 is 5.11 Å². The normalized spacial score (nSPS) is 11.3. The quantitative estimate of drug-likeness (QED) is 0.776. The molecule has 16 heavy (non-hydrogen) atoms. The molecule has 0 unspecified atom stereocenters. The Morgan fingerprint density at radius 1 is 1.62 bits per heavy atom. The van der Waals surface area contributed by atoms with Crippen molar-refractivity contribution in [1.82, 2.24) is 14.7 Å². The van der Waals surface area contributed by atoms with E-state index < -0.39 is 5.97 Å². The van der Waals surface area contributed by atoms with Crippen molar-refractivity contribution in [3.63, 3.8) is 0 Å². The highest BCUT2D eigenvalue weighted by molar-refractivity contribution is 5.69. The molecule has 0 saturated heterocycles. The van der Waals surface area contributed by atoms with Crippen molar-refractivity contribution in [3.8, 4) is 0 Å². The average Bonchev–Trinajstić information content (AvgIpc) is 2.57. The Morgan fingerprint density at radius 3 is 2.75 bits per heavy atom. The molecule has 0 spiro atoms. The summed E-state index contributed by atoms with van der Waals surface area (Å²) in [5, 5.41) is 12.9. The van der Waals surface area contributed by atoms with Crippen LogP contribution in [-0.4, -0.2) is 44.9 Å². The number of hydrogen-bond donors (Lipinski definition) is 1. The second-order valence-corrected chi connectivity index (χ2v) is 4.15. The first-order chi connectivity index (χ1) is 7.50. The molecule has 1 heterocycles. The number of carboxylic acid groups (broad SMARTS) is 1. The van der Waals surface area contributed by atoms with Crippen LogP contribution >= 0.6 is 0 Å². The standard InChI is InChI=1S/C11H19N3O2/c1-9(2)14(8-11(15)16)7-5-10-4-6-12-13(10)3/h4,6,9H,5,7-8H2,1-3H3,(H,15,16). The number of carbonyl (C=O) groups is 1. The number of aryl methyl sites for hydroxylation is 1. The van der Waals surface area contributed by atoms with Crippen molar-refractivity contribution in [1.29, 1.82) is 0 Å². The highest BCUT2D eigenvalue weighted by Crippen LogP contribution is 2.03. The maximum atomic E-state index is 10.7. The fourth-order valence-electron chi connectivity index (χ4n) is 1.60. The van der Waals surface area contributed by atoms with Gasteiger partial charge in [0.25, 0.3) is 0 Å². The van der Waals surface area contributed by atoms with E-state index in [-0.39, 0.29) is 12.6 Å². The smallest absolute Gasteiger partial charge is 0.317 e. The molecule has 0 saturated carbocycles. The number of aliphatic carboxylic acids is 1. The van der Waals surface area contributed by atoms with Crippen LogP contribution in [0.2, 0.25) is 0 Å². The zero-order valence-electron chi connectivity index (χ0n) is 10.1. The third-order valence-corrected chi connectivity index (χ3v) is 2.65. The Morgan fingerprint density at radius 2 is 2.31 bits per heavy atom. The van der Waals surface area contributed by atoms with Gasteiger partial charge in [-0.1, -0.05) is 0 Å². The molecular formula is C11H19N3O2. The highest BCUT2D eigenvalue weighted by atomic mass is 16.4. The fraction of sp³-hybridized carbons (Fsp3) is 0.636. The van der Waals surface area contributed by atoms with E-state index in [4.69, 9.17) is 5.11 Å². The number of nitrogens with zero attached hydrogens (tertiary/aromatic N) is 3. The minimum Gasteiger partial charge on any atom is -0.480 e. The van der Waals surface area contributed by atoms with E-state index in [1.807, 2.05) is 36.5 Å². The molecule has 1 aromatic rings. The lowest BCUT2D eigenvalue weighted by atomic mass is 10.2. The summed E-state index contributed by atoms with van der Waals surface area (Å²) in [6.45, 7) is 4.84. The molecular weight excluding hydrogens is 206 g/mol. The monoisotopic (exact) mass is 225 g/mol. The Bertz CT molecular complexity index is 347. The molecule has 0 bridgehead atoms. The number of carboxylic acids is 1. The average molecular weight is 225 g/mol. The third-order valence-electron chi connectivity index (χ3n) is 2.65. The summed E-state index contributed by atoms with van der Waals surface area (Å²) in [5.41, 5.74) is 1.12. The van der Waals surface area contributed by atoms with Gasteiger partial charge in [-0.15, -0.1) is 0 Å². The van der Waals surface area contributed by atoms with Crippen molar-refractivity contribution in [2.75, 3.05) is 13.1 Å². The molecule has 0 aliphatic heterocycles. The van der Waals surface area contributed by atoms with Gasteiger partial charge in [-0.2, -0.15) is 5.10 Å². The second kappa shape index (κ2) is 5.65. The lowest BCUT2D eigenvalue weighted by Gasteiger charge is -2.24. The summed E-state index contributed by atoms with van der Waals surface area (Å²) in [6, 6.07) is 2.20. The van der Waals surface area contributed by atoms with E-state index in [9.17, 15) is 4.79 Å². The molecule has 0 amide bonds. The van der Waals surface area contributed by atoms with Crippen LogP contribution in [0.5, 0.6) is 0 Å². The number of rotatable bonds is 6. The molecule has 0 aromatic carbocycles. The fourth-order valence-corrected chi connectivity index (χ4v) is 1.60. The first kappa shape index (κ1) is 12.7. The third kappa shape index (κ3) is 3.66. The van der Waals surface area contributed by atoms with Crippen LogP contribution in [-0.2, 0) is 18.3 Å². The van der Waals surface area contributed by atoms with Gasteiger partial charge in [-0.25, -0.2) is 0 Å². The van der Waals surface area contributed by atoms with E-state index in [0.29, 0.717) is 0 Å². The zero-order valence-corrected chi connectivity index (χ0v) is 10.1. The van der Waals surface area contributed by atoms with Crippen LogP contribution in [0.25, 0.3) is 0 Å².